The molecule has 4 rings (SSSR count). The Balaban J connectivity index is 1.42. The average molecular weight is 489 g/mol. The Morgan fingerprint density at radius 2 is 1.63 bits per heavy atom. The smallest absolute Gasteiger partial charge is 0.387 e. The van der Waals surface area contributed by atoms with E-state index in [2.05, 4.69) is 23.2 Å². The Bertz CT molecular complexity index is 1090. The van der Waals surface area contributed by atoms with Crippen LogP contribution in [-0.4, -0.2) is 6.61 Å². The van der Waals surface area contributed by atoms with E-state index in [0.29, 0.717) is 11.8 Å². The normalized spacial score (nSPS) is 23.8. The molecule has 4 atom stereocenters. The highest BCUT2D eigenvalue weighted by Gasteiger charge is 2.35. The Kier molecular flexibility index (Phi) is 8.15. The third-order valence-corrected chi connectivity index (χ3v) is 7.51. The van der Waals surface area contributed by atoms with Crippen LogP contribution in [0.2, 0.25) is 0 Å². The van der Waals surface area contributed by atoms with Crippen molar-refractivity contribution >= 4 is 0 Å². The molecule has 0 bridgehead atoms. The van der Waals surface area contributed by atoms with Crippen molar-refractivity contribution < 1.29 is 26.7 Å². The van der Waals surface area contributed by atoms with E-state index in [1.54, 1.807) is 6.07 Å². The van der Waals surface area contributed by atoms with Crippen LogP contribution in [0.4, 0.5) is 22.0 Å². The summed E-state index contributed by atoms with van der Waals surface area (Å²) in [6.07, 6.45) is 11.4. The zero-order chi connectivity index (χ0) is 24.9. The van der Waals surface area contributed by atoms with Crippen molar-refractivity contribution in [2.24, 2.45) is 17.8 Å². The van der Waals surface area contributed by atoms with Gasteiger partial charge in [-0.25, -0.2) is 13.2 Å². The lowest BCUT2D eigenvalue weighted by atomic mass is 9.63. The molecule has 186 valence electrons. The van der Waals surface area contributed by atoms with Crippen molar-refractivity contribution in [3.63, 3.8) is 0 Å². The summed E-state index contributed by atoms with van der Waals surface area (Å²) in [5.74, 6) is 3.43. The second kappa shape index (κ2) is 11.3. The van der Waals surface area contributed by atoms with E-state index in [1.807, 2.05) is 12.1 Å². The van der Waals surface area contributed by atoms with Crippen molar-refractivity contribution in [2.75, 3.05) is 0 Å². The molecule has 2 aromatic rings. The van der Waals surface area contributed by atoms with E-state index < -0.39 is 29.8 Å². The molecule has 0 aromatic heterocycles. The number of hydrogen-bond donors (Lipinski definition) is 0. The standard InChI is InChI=1S/C29H29F5O/c1-2-3-4-18-5-8-22-16-23(12-11-21(22)13-18)24-10-9-20(25(30)17-24)7-6-19-14-26(31)28(27(32)15-19)35-29(33)34/h2,9-10,14-15,17-18,21-23,29H,1,3-5,8,11-13,16H2. The molecule has 2 fully saturated rings. The van der Waals surface area contributed by atoms with Gasteiger partial charge in [-0.3, -0.25) is 0 Å². The van der Waals surface area contributed by atoms with Gasteiger partial charge in [0.05, 0.1) is 5.56 Å². The van der Waals surface area contributed by atoms with Gasteiger partial charge in [-0.1, -0.05) is 30.4 Å². The molecule has 0 N–H and O–H groups in total. The van der Waals surface area contributed by atoms with Crippen LogP contribution in [0, 0.1) is 47.0 Å². The highest BCUT2D eigenvalue weighted by molar-refractivity contribution is 5.46. The number of rotatable bonds is 6. The maximum atomic E-state index is 14.8. The van der Waals surface area contributed by atoms with Gasteiger partial charge in [0.15, 0.2) is 17.4 Å². The molecule has 0 radical (unpaired) electrons. The summed E-state index contributed by atoms with van der Waals surface area (Å²) in [5, 5.41) is 0. The SMILES string of the molecule is C=CCCC1CCC2CC(c3ccc(C#Cc4cc(F)c(OC(F)F)c(F)c4)c(F)c3)CCC2C1. The van der Waals surface area contributed by atoms with Crippen molar-refractivity contribution in [2.45, 2.75) is 63.9 Å². The molecular weight excluding hydrogens is 459 g/mol. The lowest BCUT2D eigenvalue weighted by Gasteiger charge is -2.42. The number of allylic oxidation sites excluding steroid dienone is 1. The van der Waals surface area contributed by atoms with E-state index in [0.717, 1.165) is 48.8 Å². The zero-order valence-electron chi connectivity index (χ0n) is 19.5. The van der Waals surface area contributed by atoms with Crippen LogP contribution in [-0.2, 0) is 0 Å². The van der Waals surface area contributed by atoms with Crippen LogP contribution in [0.15, 0.2) is 43.0 Å². The van der Waals surface area contributed by atoms with Crippen molar-refractivity contribution in [3.8, 4) is 17.6 Å². The molecule has 1 nitrogen and oxygen atoms in total. The number of ether oxygens (including phenoxy) is 1. The summed E-state index contributed by atoms with van der Waals surface area (Å²) in [6, 6.07) is 6.56. The van der Waals surface area contributed by atoms with Gasteiger partial charge in [0, 0.05) is 5.56 Å². The molecule has 4 unspecified atom stereocenters. The molecule has 2 saturated carbocycles. The maximum Gasteiger partial charge on any atom is 0.387 e. The third-order valence-electron chi connectivity index (χ3n) is 7.51. The molecule has 0 aliphatic heterocycles. The van der Waals surface area contributed by atoms with Crippen molar-refractivity contribution in [1.82, 2.24) is 0 Å². The van der Waals surface area contributed by atoms with Gasteiger partial charge in [0.1, 0.15) is 5.82 Å². The van der Waals surface area contributed by atoms with Crippen LogP contribution in [0.25, 0.3) is 0 Å². The number of alkyl halides is 2. The molecule has 2 aliphatic carbocycles. The Labute approximate surface area is 203 Å². The Morgan fingerprint density at radius 3 is 2.31 bits per heavy atom. The second-order valence-corrected chi connectivity index (χ2v) is 9.71. The highest BCUT2D eigenvalue weighted by Crippen LogP contribution is 2.48. The molecule has 0 amide bonds. The summed E-state index contributed by atoms with van der Waals surface area (Å²) in [5.41, 5.74) is 0.969. The monoisotopic (exact) mass is 488 g/mol. The quantitative estimate of drug-likeness (QED) is 0.225. The first-order valence-electron chi connectivity index (χ1n) is 12.2. The average Bonchev–Trinajstić information content (AvgIpc) is 2.83. The summed E-state index contributed by atoms with van der Waals surface area (Å²) < 4.78 is 71.0. The topological polar surface area (TPSA) is 9.23 Å². The minimum absolute atomic E-state index is 0.105. The Morgan fingerprint density at radius 1 is 0.914 bits per heavy atom. The molecule has 0 spiro atoms. The van der Waals surface area contributed by atoms with Crippen LogP contribution in [0.5, 0.6) is 5.75 Å². The van der Waals surface area contributed by atoms with Crippen LogP contribution < -0.4 is 4.74 Å². The van der Waals surface area contributed by atoms with Crippen molar-refractivity contribution in [3.05, 3.63) is 77.1 Å². The Hall–Kier alpha value is -2.81. The molecule has 0 saturated heterocycles. The van der Waals surface area contributed by atoms with Gasteiger partial charge in [-0.2, -0.15) is 8.78 Å². The van der Waals surface area contributed by atoms with E-state index in [-0.39, 0.29) is 11.1 Å². The third kappa shape index (κ3) is 6.25. The summed E-state index contributed by atoms with van der Waals surface area (Å²) in [7, 11) is 0. The van der Waals surface area contributed by atoms with E-state index in [1.165, 1.54) is 38.2 Å². The number of benzene rings is 2. The van der Waals surface area contributed by atoms with E-state index in [9.17, 15) is 22.0 Å². The minimum Gasteiger partial charge on any atom is -0.429 e. The second-order valence-electron chi connectivity index (χ2n) is 9.71. The van der Waals surface area contributed by atoms with Crippen molar-refractivity contribution in [1.29, 1.82) is 0 Å². The lowest BCUT2D eigenvalue weighted by molar-refractivity contribution is -0.0546. The summed E-state index contributed by atoms with van der Waals surface area (Å²) >= 11 is 0. The molecule has 2 aliphatic rings. The fourth-order valence-corrected chi connectivity index (χ4v) is 5.76. The minimum atomic E-state index is -3.35. The van der Waals surface area contributed by atoms with Gasteiger partial charge in [0.2, 0.25) is 0 Å². The summed E-state index contributed by atoms with van der Waals surface area (Å²) in [6.45, 7) is 0.481. The fourth-order valence-electron chi connectivity index (χ4n) is 5.76. The van der Waals surface area contributed by atoms with Gasteiger partial charge >= 0.3 is 6.61 Å². The van der Waals surface area contributed by atoms with Crippen LogP contribution >= 0.6 is 0 Å². The number of fused-ring (bicyclic) bond motifs is 1. The van der Waals surface area contributed by atoms with Gasteiger partial charge < -0.3 is 4.74 Å². The van der Waals surface area contributed by atoms with Gasteiger partial charge in [-0.05, 0) is 98.4 Å². The largest absolute Gasteiger partial charge is 0.429 e. The first-order valence-corrected chi connectivity index (χ1v) is 12.2. The first kappa shape index (κ1) is 25.3. The molecule has 0 heterocycles. The number of halogens is 5. The molecule has 35 heavy (non-hydrogen) atoms. The fraction of sp³-hybridized carbons (Fsp3) is 0.448. The summed E-state index contributed by atoms with van der Waals surface area (Å²) in [4.78, 5) is 0. The van der Waals surface area contributed by atoms with Crippen LogP contribution in [0.3, 0.4) is 0 Å². The van der Waals surface area contributed by atoms with E-state index >= 15 is 0 Å². The highest BCUT2D eigenvalue weighted by atomic mass is 19.3. The van der Waals surface area contributed by atoms with Gasteiger partial charge in [-0.15, -0.1) is 6.58 Å². The lowest BCUT2D eigenvalue weighted by Crippen LogP contribution is -2.30. The predicted octanol–water partition coefficient (Wildman–Crippen LogP) is 8.37. The molecule has 6 heteroatoms. The van der Waals surface area contributed by atoms with Crippen LogP contribution in [0.1, 0.15) is 74.0 Å². The zero-order valence-corrected chi connectivity index (χ0v) is 19.5. The molecule has 2 aromatic carbocycles. The predicted molar refractivity (Wildman–Crippen MR) is 126 cm³/mol. The maximum absolute atomic E-state index is 14.8. The molecular formula is C29H29F5O. The first-order chi connectivity index (χ1) is 16.8. The van der Waals surface area contributed by atoms with E-state index in [4.69, 9.17) is 0 Å². The van der Waals surface area contributed by atoms with Gasteiger partial charge in [0.25, 0.3) is 0 Å². The number of hydrogen-bond acceptors (Lipinski definition) is 1.